The fourth-order valence-electron chi connectivity index (χ4n) is 3.37. The molecule has 0 fully saturated rings. The molecule has 3 N–H and O–H groups in total. The Hall–Kier alpha value is -3.73. The number of amides is 4. The van der Waals surface area contributed by atoms with E-state index in [2.05, 4.69) is 16.0 Å². The summed E-state index contributed by atoms with van der Waals surface area (Å²) in [6, 6.07) is 15.6. The molecule has 212 valence electrons. The van der Waals surface area contributed by atoms with Crippen molar-refractivity contribution in [3.8, 4) is 0 Å². The molecule has 13 heteroatoms. The topological polar surface area (TPSA) is 152 Å². The van der Waals surface area contributed by atoms with Crippen LogP contribution in [-0.2, 0) is 39.3 Å². The minimum absolute atomic E-state index is 0.0201. The van der Waals surface area contributed by atoms with Gasteiger partial charge in [-0.3, -0.25) is 23.8 Å². The first-order valence-electron chi connectivity index (χ1n) is 12.1. The Kier molecular flexibility index (Phi) is 12.1. The molecular weight excluding hydrogens is 527 g/mol. The highest BCUT2D eigenvalue weighted by atomic mass is 31.2. The number of hydrogen-bond acceptors (Lipinski definition) is 8. The molecular formula is C26H35N4O8P. The molecule has 0 saturated heterocycles. The van der Waals surface area contributed by atoms with Crippen LogP contribution in [0, 0.1) is 0 Å². The van der Waals surface area contributed by atoms with E-state index in [1.807, 2.05) is 30.3 Å². The van der Waals surface area contributed by atoms with Gasteiger partial charge in [0.25, 0.3) is 0 Å². The molecule has 0 heterocycles. The van der Waals surface area contributed by atoms with Crippen LogP contribution in [0.4, 0.5) is 10.5 Å². The number of nitrogens with zero attached hydrogens (tertiary/aromatic N) is 1. The van der Waals surface area contributed by atoms with Gasteiger partial charge in [0, 0.05) is 19.9 Å². The van der Waals surface area contributed by atoms with E-state index in [1.54, 1.807) is 30.3 Å². The summed E-state index contributed by atoms with van der Waals surface area (Å²) < 4.78 is 27.5. The normalized spacial score (nSPS) is 13.4. The number of benzene rings is 2. The largest absolute Gasteiger partial charge is 0.444 e. The molecule has 0 aliphatic heterocycles. The fraction of sp³-hybridized carbons (Fsp3) is 0.385. The lowest BCUT2D eigenvalue weighted by Crippen LogP contribution is -2.54. The molecule has 2 rings (SSSR count). The predicted molar refractivity (Wildman–Crippen MR) is 145 cm³/mol. The number of nitrogens with one attached hydrogen (secondary N) is 3. The first-order valence-corrected chi connectivity index (χ1v) is 13.8. The van der Waals surface area contributed by atoms with Crippen molar-refractivity contribution in [1.82, 2.24) is 16.0 Å². The Bertz CT molecular complexity index is 1160. The van der Waals surface area contributed by atoms with Crippen LogP contribution in [0.15, 0.2) is 60.7 Å². The van der Waals surface area contributed by atoms with E-state index in [1.165, 1.54) is 35.0 Å². The second-order valence-electron chi connectivity index (χ2n) is 8.57. The van der Waals surface area contributed by atoms with Gasteiger partial charge in [-0.05, 0) is 38.5 Å². The minimum Gasteiger partial charge on any atom is -0.444 e. The highest BCUT2D eigenvalue weighted by Crippen LogP contribution is 2.50. The lowest BCUT2D eigenvalue weighted by molar-refractivity contribution is -0.131. The molecule has 39 heavy (non-hydrogen) atoms. The third kappa shape index (κ3) is 9.51. The van der Waals surface area contributed by atoms with E-state index in [0.717, 1.165) is 10.5 Å². The van der Waals surface area contributed by atoms with Crippen molar-refractivity contribution in [2.45, 2.75) is 45.2 Å². The fourth-order valence-corrected chi connectivity index (χ4v) is 4.43. The van der Waals surface area contributed by atoms with Crippen LogP contribution in [0.3, 0.4) is 0 Å². The molecule has 2 aromatic rings. The van der Waals surface area contributed by atoms with E-state index in [9.17, 15) is 23.7 Å². The van der Waals surface area contributed by atoms with E-state index in [-0.39, 0.29) is 6.61 Å². The Morgan fingerprint density at radius 3 is 1.87 bits per heavy atom. The maximum absolute atomic E-state index is 12.9. The van der Waals surface area contributed by atoms with Gasteiger partial charge < -0.3 is 29.7 Å². The molecule has 0 aliphatic carbocycles. The van der Waals surface area contributed by atoms with Crippen molar-refractivity contribution in [2.75, 3.05) is 25.7 Å². The first-order chi connectivity index (χ1) is 18.5. The van der Waals surface area contributed by atoms with E-state index in [4.69, 9.17) is 13.8 Å². The summed E-state index contributed by atoms with van der Waals surface area (Å²) in [5.74, 6) is -2.84. The van der Waals surface area contributed by atoms with Crippen molar-refractivity contribution in [3.63, 3.8) is 0 Å². The van der Waals surface area contributed by atoms with Gasteiger partial charge in [0.2, 0.25) is 17.7 Å². The number of ether oxygens (including phenoxy) is 1. The van der Waals surface area contributed by atoms with E-state index in [0.29, 0.717) is 5.69 Å². The molecule has 4 amide bonds. The second kappa shape index (κ2) is 15.0. The molecule has 0 bridgehead atoms. The third-order valence-corrected chi connectivity index (χ3v) is 7.75. The lowest BCUT2D eigenvalue weighted by Gasteiger charge is -2.25. The molecule has 12 nitrogen and oxygen atoms in total. The third-order valence-electron chi connectivity index (χ3n) is 5.65. The summed E-state index contributed by atoms with van der Waals surface area (Å²) >= 11 is 0. The maximum atomic E-state index is 12.9. The Morgan fingerprint density at radius 1 is 0.795 bits per heavy atom. The molecule has 2 aromatic carbocycles. The molecule has 0 aliphatic rings. The van der Waals surface area contributed by atoms with Gasteiger partial charge in [-0.1, -0.05) is 48.5 Å². The lowest BCUT2D eigenvalue weighted by atomic mass is 10.2. The number of rotatable bonds is 13. The zero-order valence-electron chi connectivity index (χ0n) is 22.6. The quantitative estimate of drug-likeness (QED) is 0.315. The van der Waals surface area contributed by atoms with E-state index < -0.39 is 55.8 Å². The van der Waals surface area contributed by atoms with Gasteiger partial charge in [-0.15, -0.1) is 0 Å². The zero-order valence-corrected chi connectivity index (χ0v) is 23.5. The average molecular weight is 563 g/mol. The van der Waals surface area contributed by atoms with Crippen LogP contribution in [0.2, 0.25) is 0 Å². The summed E-state index contributed by atoms with van der Waals surface area (Å²) in [4.78, 5) is 51.9. The predicted octanol–water partition coefficient (Wildman–Crippen LogP) is 2.79. The Morgan fingerprint density at radius 2 is 1.31 bits per heavy atom. The van der Waals surface area contributed by atoms with Gasteiger partial charge in [0.05, 0.1) is 0 Å². The van der Waals surface area contributed by atoms with Crippen LogP contribution in [0.5, 0.6) is 0 Å². The zero-order chi connectivity index (χ0) is 29.0. The summed E-state index contributed by atoms with van der Waals surface area (Å²) in [6.45, 7) is 3.93. The highest BCUT2D eigenvalue weighted by Gasteiger charge is 2.33. The monoisotopic (exact) mass is 562 g/mol. The summed E-state index contributed by atoms with van der Waals surface area (Å²) in [6.07, 6.45) is -0.735. The van der Waals surface area contributed by atoms with Crippen LogP contribution in [-0.4, -0.2) is 62.4 Å². The maximum Gasteiger partial charge on any atom is 0.415 e. The van der Waals surface area contributed by atoms with Gasteiger partial charge >= 0.3 is 13.7 Å². The number of carbonyl (C=O) groups excluding carboxylic acids is 4. The van der Waals surface area contributed by atoms with Crippen LogP contribution < -0.4 is 20.9 Å². The molecule has 0 aromatic heterocycles. The molecule has 0 saturated carbocycles. The SMILES string of the molecule is COP(=O)(OC)[C@H](C)NC(=O)[C@H](C)NC(=O)[C@H](C)NC(=O)CN(C(=O)OCc1ccccc1)c1ccccc1. The summed E-state index contributed by atoms with van der Waals surface area (Å²) in [5, 5.41) is 7.48. The van der Waals surface area contributed by atoms with Crippen molar-refractivity contribution >= 4 is 37.1 Å². The van der Waals surface area contributed by atoms with Crippen LogP contribution in [0.25, 0.3) is 0 Å². The van der Waals surface area contributed by atoms with E-state index >= 15 is 0 Å². The Labute approximate surface area is 227 Å². The number of anilines is 1. The molecule has 0 radical (unpaired) electrons. The van der Waals surface area contributed by atoms with Gasteiger partial charge in [0.15, 0.2) is 0 Å². The van der Waals surface area contributed by atoms with Gasteiger partial charge in [0.1, 0.15) is 31.0 Å². The summed E-state index contributed by atoms with van der Waals surface area (Å²) in [5.41, 5.74) is 1.22. The minimum atomic E-state index is -3.55. The molecule has 0 spiro atoms. The first kappa shape index (κ1) is 31.5. The van der Waals surface area contributed by atoms with Gasteiger partial charge in [-0.25, -0.2) is 4.79 Å². The van der Waals surface area contributed by atoms with Crippen molar-refractivity contribution in [3.05, 3.63) is 66.2 Å². The highest BCUT2D eigenvalue weighted by molar-refractivity contribution is 7.54. The van der Waals surface area contributed by atoms with Crippen molar-refractivity contribution < 1.29 is 37.5 Å². The summed E-state index contributed by atoms with van der Waals surface area (Å²) in [7, 11) is -1.15. The van der Waals surface area contributed by atoms with Crippen LogP contribution >= 0.6 is 7.60 Å². The molecule has 3 atom stereocenters. The average Bonchev–Trinajstić information content (AvgIpc) is 2.94. The molecule has 0 unspecified atom stereocenters. The second-order valence-corrected chi connectivity index (χ2v) is 11.2. The number of carbonyl (C=O) groups is 4. The number of hydrogen-bond donors (Lipinski definition) is 3. The van der Waals surface area contributed by atoms with Crippen molar-refractivity contribution in [2.24, 2.45) is 0 Å². The number of para-hydroxylation sites is 1. The van der Waals surface area contributed by atoms with Gasteiger partial charge in [-0.2, -0.15) is 0 Å². The Balaban J connectivity index is 1.96. The van der Waals surface area contributed by atoms with Crippen molar-refractivity contribution in [1.29, 1.82) is 0 Å². The standard InChI is InChI=1S/C26H35N4O8P/c1-18(24(32)28-19(2)25(33)29-20(3)39(35,36-4)37-5)27-23(31)16-30(22-14-10-7-11-15-22)26(34)38-17-21-12-8-6-9-13-21/h6-15,18-20H,16-17H2,1-5H3,(H,27,31)(H,28,32)(H,29,33)/t18-,19-,20+/m0/s1. The smallest absolute Gasteiger partial charge is 0.415 e. The van der Waals surface area contributed by atoms with Crippen LogP contribution in [0.1, 0.15) is 26.3 Å².